The van der Waals surface area contributed by atoms with Crippen molar-refractivity contribution in [2.75, 3.05) is 5.75 Å². The summed E-state index contributed by atoms with van der Waals surface area (Å²) >= 11 is 0. The van der Waals surface area contributed by atoms with Crippen LogP contribution in [0.3, 0.4) is 0 Å². The molecule has 1 aliphatic heterocycles. The number of halogens is 3. The van der Waals surface area contributed by atoms with E-state index in [0.29, 0.717) is 25.1 Å². The fourth-order valence-electron chi connectivity index (χ4n) is 6.15. The first kappa shape index (κ1) is 30.6. The van der Waals surface area contributed by atoms with Crippen LogP contribution in [-0.4, -0.2) is 33.9 Å². The number of hydrogen-bond acceptors (Lipinski definition) is 5. The van der Waals surface area contributed by atoms with Crippen LogP contribution in [-0.2, 0) is 22.3 Å². The molecule has 6 rings (SSSR count). The van der Waals surface area contributed by atoms with Gasteiger partial charge in [0.15, 0.2) is 33.1 Å². The fraction of sp³-hybridized carbons (Fsp3) is 0.294. The number of fused-ring (bicyclic) bond motifs is 8. The molecule has 7 nitrogen and oxygen atoms in total. The van der Waals surface area contributed by atoms with Crippen LogP contribution in [0.4, 0.5) is 13.2 Å². The first-order valence-electron chi connectivity index (χ1n) is 14.6. The smallest absolute Gasteiger partial charge is 0.204 e. The molecule has 5 aromatic rings. The molecule has 11 heteroatoms. The number of H-pyrrole nitrogens is 1. The minimum absolute atomic E-state index is 0.00489. The van der Waals surface area contributed by atoms with Crippen molar-refractivity contribution in [3.8, 4) is 22.9 Å². The third-order valence-electron chi connectivity index (χ3n) is 8.52. The molecule has 3 aromatic carbocycles. The molecule has 3 heterocycles. The summed E-state index contributed by atoms with van der Waals surface area (Å²) in [6.45, 7) is 5.80. The molecule has 1 atom stereocenters. The SMILES string of the molecule is Cn1nc2nc1-c1cc(ccc1F)Oc1c(F)c(F)c3[nH]ccc3c1/C=C/S(=O)(=O)CC(C)(C)CCC[C@]2(C)c1ccccc1. The van der Waals surface area contributed by atoms with Gasteiger partial charge in [0.25, 0.3) is 0 Å². The Hall–Kier alpha value is -4.38. The standard InChI is InChI=1S/C34H33F3N4O3S/c1-33(2)15-8-16-34(3,21-9-6-5-7-10-21)32-39-31(41(4)40-32)25-19-22(11-12-26(25)35)44-30-24(14-18-45(42,43)20-33)23-13-17-38-29(23)27(36)28(30)37/h5-7,9-14,17-19,38H,8,15-16,20H2,1-4H3/b18-14+/t34-/m1/s1. The van der Waals surface area contributed by atoms with E-state index in [1.807, 2.05) is 51.1 Å². The second kappa shape index (κ2) is 11.2. The molecule has 0 saturated carbocycles. The largest absolute Gasteiger partial charge is 0.453 e. The maximum Gasteiger partial charge on any atom is 0.204 e. The van der Waals surface area contributed by atoms with Gasteiger partial charge in [-0.1, -0.05) is 50.6 Å². The van der Waals surface area contributed by atoms with Crippen LogP contribution < -0.4 is 4.74 Å². The highest BCUT2D eigenvalue weighted by atomic mass is 32.2. The maximum absolute atomic E-state index is 15.6. The van der Waals surface area contributed by atoms with E-state index in [0.717, 1.165) is 17.0 Å². The molecule has 0 saturated heterocycles. The van der Waals surface area contributed by atoms with Crippen molar-refractivity contribution in [2.24, 2.45) is 12.5 Å². The van der Waals surface area contributed by atoms with Gasteiger partial charge in [-0.25, -0.2) is 26.9 Å². The number of aryl methyl sites for hydroxylation is 1. The molecule has 0 fully saturated rings. The molecule has 1 aliphatic rings. The van der Waals surface area contributed by atoms with Crippen LogP contribution in [0.1, 0.15) is 57.0 Å². The molecule has 45 heavy (non-hydrogen) atoms. The Kier molecular flexibility index (Phi) is 7.63. The molecule has 4 bridgehead atoms. The van der Waals surface area contributed by atoms with Gasteiger partial charge in [-0.05, 0) is 61.1 Å². The summed E-state index contributed by atoms with van der Waals surface area (Å²) in [5, 5.41) is 5.97. The average molecular weight is 635 g/mol. The number of sulfone groups is 1. The van der Waals surface area contributed by atoms with Crippen molar-refractivity contribution >= 4 is 26.8 Å². The van der Waals surface area contributed by atoms with Gasteiger partial charge >= 0.3 is 0 Å². The highest BCUT2D eigenvalue weighted by molar-refractivity contribution is 7.94. The van der Waals surface area contributed by atoms with E-state index in [1.54, 1.807) is 7.05 Å². The van der Waals surface area contributed by atoms with Gasteiger partial charge in [0, 0.05) is 29.6 Å². The molecular formula is C34H33F3N4O3S. The highest BCUT2D eigenvalue weighted by Crippen LogP contribution is 2.41. The van der Waals surface area contributed by atoms with Crippen molar-refractivity contribution in [2.45, 2.75) is 45.4 Å². The van der Waals surface area contributed by atoms with Gasteiger partial charge in [-0.15, -0.1) is 0 Å². The number of hydrogen-bond donors (Lipinski definition) is 1. The summed E-state index contributed by atoms with van der Waals surface area (Å²) in [6.07, 6.45) is 4.49. The van der Waals surface area contributed by atoms with Crippen molar-refractivity contribution in [3.05, 3.63) is 101 Å². The van der Waals surface area contributed by atoms with Crippen LogP contribution in [0.25, 0.3) is 28.4 Å². The number of nitrogens with one attached hydrogen (secondary N) is 1. The topological polar surface area (TPSA) is 89.9 Å². The minimum Gasteiger partial charge on any atom is -0.453 e. The lowest BCUT2D eigenvalue weighted by atomic mass is 9.75. The van der Waals surface area contributed by atoms with Gasteiger partial charge in [0.2, 0.25) is 5.82 Å². The summed E-state index contributed by atoms with van der Waals surface area (Å²) in [7, 11) is -2.14. The molecule has 0 amide bonds. The zero-order valence-electron chi connectivity index (χ0n) is 25.4. The summed E-state index contributed by atoms with van der Waals surface area (Å²) in [5.74, 6) is -3.11. The van der Waals surface area contributed by atoms with E-state index >= 15 is 13.2 Å². The highest BCUT2D eigenvalue weighted by Gasteiger charge is 2.35. The second-order valence-corrected chi connectivity index (χ2v) is 14.5. The van der Waals surface area contributed by atoms with Gasteiger partial charge in [0.05, 0.1) is 22.2 Å². The molecular weight excluding hydrogens is 601 g/mol. The Bertz CT molecular complexity index is 2050. The molecule has 0 unspecified atom stereocenters. The lowest BCUT2D eigenvalue weighted by molar-refractivity contribution is 0.338. The molecule has 2 aromatic heterocycles. The number of benzene rings is 3. The third kappa shape index (κ3) is 5.77. The number of ether oxygens (including phenoxy) is 1. The fourth-order valence-corrected chi connectivity index (χ4v) is 7.82. The normalized spacial score (nSPS) is 20.5. The lowest BCUT2D eigenvalue weighted by Gasteiger charge is -2.30. The first-order chi connectivity index (χ1) is 21.3. The van der Waals surface area contributed by atoms with Gasteiger partial charge < -0.3 is 9.72 Å². The molecule has 0 radical (unpaired) electrons. The van der Waals surface area contributed by atoms with Crippen LogP contribution in [0.15, 0.2) is 66.2 Å². The van der Waals surface area contributed by atoms with Crippen molar-refractivity contribution in [1.29, 1.82) is 0 Å². The number of aromatic amines is 1. The Morgan fingerprint density at radius 2 is 1.73 bits per heavy atom. The number of nitrogens with zero attached hydrogens (tertiary/aromatic N) is 3. The molecule has 234 valence electrons. The summed E-state index contributed by atoms with van der Waals surface area (Å²) in [5.41, 5.74) is -0.386. The molecule has 1 N–H and O–H groups in total. The minimum atomic E-state index is -3.81. The zero-order chi connectivity index (χ0) is 32.1. The van der Waals surface area contributed by atoms with Crippen molar-refractivity contribution in [1.82, 2.24) is 19.7 Å². The summed E-state index contributed by atoms with van der Waals surface area (Å²) < 4.78 is 80.3. The van der Waals surface area contributed by atoms with E-state index in [-0.39, 0.29) is 39.4 Å². The van der Waals surface area contributed by atoms with E-state index in [9.17, 15) is 8.42 Å². The van der Waals surface area contributed by atoms with E-state index in [1.165, 1.54) is 35.2 Å². The second-order valence-electron chi connectivity index (χ2n) is 12.6. The maximum atomic E-state index is 15.6. The first-order valence-corrected chi connectivity index (χ1v) is 16.3. The van der Waals surface area contributed by atoms with Gasteiger partial charge in [0.1, 0.15) is 11.6 Å². The van der Waals surface area contributed by atoms with E-state index in [2.05, 4.69) is 4.98 Å². The molecule has 0 spiro atoms. The van der Waals surface area contributed by atoms with E-state index in [4.69, 9.17) is 14.8 Å². The Labute approximate surface area is 259 Å². The molecule has 0 aliphatic carbocycles. The Balaban J connectivity index is 1.57. The average Bonchev–Trinajstić information content (AvgIpc) is 3.63. The van der Waals surface area contributed by atoms with Gasteiger partial charge in [-0.3, -0.25) is 0 Å². The van der Waals surface area contributed by atoms with Crippen LogP contribution >= 0.6 is 0 Å². The van der Waals surface area contributed by atoms with E-state index < -0.39 is 43.9 Å². The predicted octanol–water partition coefficient (Wildman–Crippen LogP) is 8.07. The summed E-state index contributed by atoms with van der Waals surface area (Å²) in [4.78, 5) is 7.48. The van der Waals surface area contributed by atoms with Crippen LogP contribution in [0.5, 0.6) is 11.5 Å². The third-order valence-corrected chi connectivity index (χ3v) is 10.3. The van der Waals surface area contributed by atoms with Crippen molar-refractivity contribution in [3.63, 3.8) is 0 Å². The number of rotatable bonds is 1. The quantitative estimate of drug-likeness (QED) is 0.201. The number of aromatic nitrogens is 4. The summed E-state index contributed by atoms with van der Waals surface area (Å²) in [6, 6.07) is 15.1. The van der Waals surface area contributed by atoms with Crippen molar-refractivity contribution < 1.29 is 26.3 Å². The Morgan fingerprint density at radius 3 is 2.49 bits per heavy atom. The zero-order valence-corrected chi connectivity index (χ0v) is 26.2. The van der Waals surface area contributed by atoms with Crippen LogP contribution in [0.2, 0.25) is 0 Å². The van der Waals surface area contributed by atoms with Crippen LogP contribution in [0, 0.1) is 22.9 Å². The Morgan fingerprint density at radius 1 is 0.978 bits per heavy atom. The monoisotopic (exact) mass is 634 g/mol. The predicted molar refractivity (Wildman–Crippen MR) is 168 cm³/mol. The van der Waals surface area contributed by atoms with Gasteiger partial charge in [-0.2, -0.15) is 9.49 Å². The lowest BCUT2D eigenvalue weighted by Crippen LogP contribution is -2.28.